The second-order valence-corrected chi connectivity index (χ2v) is 7.78. The van der Waals surface area contributed by atoms with Gasteiger partial charge in [0.2, 0.25) is 5.91 Å². The smallest absolute Gasteiger partial charge is 0.315 e. The largest absolute Gasteiger partial charge is 0.340 e. The maximum Gasteiger partial charge on any atom is 0.315 e. The highest BCUT2D eigenvalue weighted by Crippen LogP contribution is 2.18. The predicted octanol–water partition coefficient (Wildman–Crippen LogP) is 4.23. The van der Waals surface area contributed by atoms with Crippen LogP contribution in [-0.2, 0) is 4.79 Å². The lowest BCUT2D eigenvalue weighted by Gasteiger charge is -2.28. The van der Waals surface area contributed by atoms with Crippen LogP contribution in [-0.4, -0.2) is 36.5 Å². The van der Waals surface area contributed by atoms with E-state index in [0.717, 1.165) is 31.4 Å². The molecule has 2 aromatic carbocycles. The Labute approximate surface area is 173 Å². The van der Waals surface area contributed by atoms with Gasteiger partial charge in [-0.25, -0.2) is 4.79 Å². The number of urea groups is 1. The van der Waals surface area contributed by atoms with Gasteiger partial charge in [-0.2, -0.15) is 0 Å². The zero-order chi connectivity index (χ0) is 20.5. The zero-order valence-electron chi connectivity index (χ0n) is 17.1. The van der Waals surface area contributed by atoms with Crippen molar-refractivity contribution in [1.29, 1.82) is 0 Å². The van der Waals surface area contributed by atoms with Gasteiger partial charge < -0.3 is 15.5 Å². The van der Waals surface area contributed by atoms with E-state index in [0.29, 0.717) is 19.5 Å². The second-order valence-electron chi connectivity index (χ2n) is 7.78. The molecule has 154 valence electrons. The van der Waals surface area contributed by atoms with Crippen molar-refractivity contribution < 1.29 is 9.59 Å². The molecule has 0 radical (unpaired) electrons. The molecule has 1 saturated heterocycles. The van der Waals surface area contributed by atoms with Crippen molar-refractivity contribution in [3.8, 4) is 0 Å². The maximum atomic E-state index is 12.6. The molecule has 1 heterocycles. The van der Waals surface area contributed by atoms with Crippen molar-refractivity contribution in [2.24, 2.45) is 0 Å². The Balaban J connectivity index is 1.61. The standard InChI is InChI=1S/C24H31N3O2/c1-19(20-11-5-2-6-12-20)17-25-24(29)26-22(21-13-7-3-8-14-21)18-27-16-10-4-9-15-23(27)28/h2-3,5-8,11-14,19,22H,4,9-10,15-18H2,1H3,(H2,25,26,29). The van der Waals surface area contributed by atoms with Crippen LogP contribution < -0.4 is 10.6 Å². The molecule has 3 amide bonds. The van der Waals surface area contributed by atoms with Gasteiger partial charge in [0.05, 0.1) is 6.04 Å². The van der Waals surface area contributed by atoms with Crippen molar-refractivity contribution in [2.45, 2.75) is 44.6 Å². The molecule has 5 nitrogen and oxygen atoms in total. The summed E-state index contributed by atoms with van der Waals surface area (Å²) in [5.41, 5.74) is 2.21. The van der Waals surface area contributed by atoms with Gasteiger partial charge in [-0.3, -0.25) is 4.79 Å². The first-order valence-electron chi connectivity index (χ1n) is 10.6. The van der Waals surface area contributed by atoms with E-state index in [4.69, 9.17) is 0 Å². The van der Waals surface area contributed by atoms with Crippen molar-refractivity contribution >= 4 is 11.9 Å². The van der Waals surface area contributed by atoms with Gasteiger partial charge in [0, 0.05) is 26.1 Å². The molecule has 0 aliphatic carbocycles. The number of likely N-dealkylation sites (tertiary alicyclic amines) is 1. The summed E-state index contributed by atoms with van der Waals surface area (Å²) in [7, 11) is 0. The fourth-order valence-electron chi connectivity index (χ4n) is 3.73. The molecule has 0 aromatic heterocycles. The lowest BCUT2D eigenvalue weighted by Crippen LogP contribution is -2.44. The van der Waals surface area contributed by atoms with E-state index >= 15 is 0 Å². The van der Waals surface area contributed by atoms with Gasteiger partial charge in [-0.1, -0.05) is 74.0 Å². The number of nitrogens with zero attached hydrogens (tertiary/aromatic N) is 1. The molecular weight excluding hydrogens is 362 g/mol. The van der Waals surface area contributed by atoms with Gasteiger partial charge >= 0.3 is 6.03 Å². The molecule has 0 bridgehead atoms. The Hall–Kier alpha value is -2.82. The monoisotopic (exact) mass is 393 g/mol. The number of hydrogen-bond acceptors (Lipinski definition) is 2. The Morgan fingerprint density at radius 3 is 2.31 bits per heavy atom. The summed E-state index contributed by atoms with van der Waals surface area (Å²) in [6.45, 7) is 3.92. The molecule has 0 spiro atoms. The van der Waals surface area contributed by atoms with E-state index in [1.54, 1.807) is 0 Å². The van der Waals surface area contributed by atoms with Crippen molar-refractivity contribution in [3.05, 3.63) is 71.8 Å². The molecule has 29 heavy (non-hydrogen) atoms. The summed E-state index contributed by atoms with van der Waals surface area (Å²) < 4.78 is 0. The molecular formula is C24H31N3O2. The van der Waals surface area contributed by atoms with Crippen LogP contribution in [0.5, 0.6) is 0 Å². The Bertz CT molecular complexity index is 779. The average Bonchev–Trinajstić information content (AvgIpc) is 2.97. The van der Waals surface area contributed by atoms with E-state index in [1.165, 1.54) is 5.56 Å². The number of nitrogens with one attached hydrogen (secondary N) is 2. The van der Waals surface area contributed by atoms with E-state index in [9.17, 15) is 9.59 Å². The number of carbonyl (C=O) groups excluding carboxylic acids is 2. The van der Waals surface area contributed by atoms with Crippen LogP contribution in [0.25, 0.3) is 0 Å². The quantitative estimate of drug-likeness (QED) is 0.739. The van der Waals surface area contributed by atoms with Gasteiger partial charge in [0.15, 0.2) is 0 Å². The van der Waals surface area contributed by atoms with Crippen LogP contribution in [0.3, 0.4) is 0 Å². The van der Waals surface area contributed by atoms with E-state index in [2.05, 4.69) is 29.7 Å². The number of carbonyl (C=O) groups is 2. The SMILES string of the molecule is CC(CNC(=O)NC(CN1CCCCCC1=O)c1ccccc1)c1ccccc1. The first kappa shape index (κ1) is 20.9. The van der Waals surface area contributed by atoms with E-state index in [1.807, 2.05) is 53.4 Å². The molecule has 1 fully saturated rings. The van der Waals surface area contributed by atoms with Crippen molar-refractivity contribution in [3.63, 3.8) is 0 Å². The lowest BCUT2D eigenvalue weighted by molar-refractivity contribution is -0.131. The molecule has 5 heteroatoms. The number of hydrogen-bond donors (Lipinski definition) is 2. The van der Waals surface area contributed by atoms with Crippen LogP contribution in [0, 0.1) is 0 Å². The highest BCUT2D eigenvalue weighted by atomic mass is 16.2. The predicted molar refractivity (Wildman–Crippen MR) is 116 cm³/mol. The maximum absolute atomic E-state index is 12.6. The van der Waals surface area contributed by atoms with Crippen LogP contribution in [0.15, 0.2) is 60.7 Å². The minimum absolute atomic E-state index is 0.184. The third-order valence-corrected chi connectivity index (χ3v) is 5.52. The number of amides is 3. The fraction of sp³-hybridized carbons (Fsp3) is 0.417. The average molecular weight is 394 g/mol. The van der Waals surface area contributed by atoms with Crippen LogP contribution >= 0.6 is 0 Å². The highest BCUT2D eigenvalue weighted by molar-refractivity contribution is 5.77. The summed E-state index contributed by atoms with van der Waals surface area (Å²) in [6, 6.07) is 19.6. The summed E-state index contributed by atoms with van der Waals surface area (Å²) in [5, 5.41) is 6.07. The van der Waals surface area contributed by atoms with Crippen LogP contribution in [0.4, 0.5) is 4.79 Å². The number of benzene rings is 2. The molecule has 1 aliphatic heterocycles. The van der Waals surface area contributed by atoms with Crippen molar-refractivity contribution in [1.82, 2.24) is 15.5 Å². The normalized spacial score (nSPS) is 16.6. The lowest BCUT2D eigenvalue weighted by atomic mass is 10.0. The van der Waals surface area contributed by atoms with Gasteiger partial charge in [-0.15, -0.1) is 0 Å². The summed E-state index contributed by atoms with van der Waals surface area (Å²) >= 11 is 0. The number of rotatable bonds is 7. The second kappa shape index (κ2) is 10.6. The molecule has 2 atom stereocenters. The molecule has 3 rings (SSSR count). The van der Waals surface area contributed by atoms with E-state index < -0.39 is 0 Å². The van der Waals surface area contributed by atoms with Gasteiger partial charge in [0.1, 0.15) is 0 Å². The Morgan fingerprint density at radius 1 is 0.966 bits per heavy atom. The first-order chi connectivity index (χ1) is 14.1. The molecule has 2 unspecified atom stereocenters. The van der Waals surface area contributed by atoms with Crippen molar-refractivity contribution in [2.75, 3.05) is 19.6 Å². The topological polar surface area (TPSA) is 61.4 Å². The van der Waals surface area contributed by atoms with Gasteiger partial charge in [0.25, 0.3) is 0 Å². The molecule has 1 aliphatic rings. The Morgan fingerprint density at radius 2 is 1.62 bits per heavy atom. The first-order valence-corrected chi connectivity index (χ1v) is 10.6. The zero-order valence-corrected chi connectivity index (χ0v) is 17.1. The summed E-state index contributed by atoms with van der Waals surface area (Å²) in [6.07, 6.45) is 3.66. The third-order valence-electron chi connectivity index (χ3n) is 5.52. The molecule has 2 aromatic rings. The molecule has 0 saturated carbocycles. The Kier molecular flexibility index (Phi) is 7.68. The third kappa shape index (κ3) is 6.34. The minimum atomic E-state index is -0.231. The fourth-order valence-corrected chi connectivity index (χ4v) is 3.73. The van der Waals surface area contributed by atoms with Gasteiger partial charge in [-0.05, 0) is 29.9 Å². The van der Waals surface area contributed by atoms with E-state index in [-0.39, 0.29) is 23.9 Å². The minimum Gasteiger partial charge on any atom is -0.340 e. The highest BCUT2D eigenvalue weighted by Gasteiger charge is 2.23. The summed E-state index contributed by atoms with van der Waals surface area (Å²) in [5.74, 6) is 0.410. The summed E-state index contributed by atoms with van der Waals surface area (Å²) in [4.78, 5) is 27.0. The molecule has 2 N–H and O–H groups in total. The van der Waals surface area contributed by atoms with Crippen LogP contribution in [0.2, 0.25) is 0 Å². The van der Waals surface area contributed by atoms with Crippen LogP contribution in [0.1, 0.15) is 55.7 Å².